The summed E-state index contributed by atoms with van der Waals surface area (Å²) in [6.45, 7) is 10.7. The topological polar surface area (TPSA) is 33.1 Å². The first-order valence-corrected chi connectivity index (χ1v) is 11.1. The molecule has 0 fully saturated rings. The Bertz CT molecular complexity index is 1090. The summed E-state index contributed by atoms with van der Waals surface area (Å²) in [5.74, 6) is 0.295. The van der Waals surface area contributed by atoms with Gasteiger partial charge in [-0.1, -0.05) is 18.2 Å². The Labute approximate surface area is 184 Å². The first-order valence-electron chi connectivity index (χ1n) is 9.16. The zero-order chi connectivity index (χ0) is 20.4. The number of aryl methyl sites for hydroxylation is 2. The molecule has 0 aliphatic rings. The summed E-state index contributed by atoms with van der Waals surface area (Å²) in [5.41, 5.74) is 8.53. The van der Waals surface area contributed by atoms with Crippen LogP contribution < -0.4 is 0 Å². The lowest BCUT2D eigenvalue weighted by Crippen LogP contribution is -1.93. The van der Waals surface area contributed by atoms with Gasteiger partial charge in [-0.15, -0.1) is 11.3 Å². The molecule has 1 heterocycles. The van der Waals surface area contributed by atoms with Crippen molar-refractivity contribution in [2.45, 2.75) is 34.6 Å². The molecule has 0 aliphatic carbocycles. The van der Waals surface area contributed by atoms with E-state index in [1.54, 1.807) is 17.4 Å². The predicted molar refractivity (Wildman–Crippen MR) is 130 cm³/mol. The summed E-state index contributed by atoms with van der Waals surface area (Å²) >= 11 is 3.99. The van der Waals surface area contributed by atoms with Gasteiger partial charge < -0.3 is 5.11 Å². The number of benzene rings is 3. The number of hydrogen-bond acceptors (Lipinski definition) is 3. The van der Waals surface area contributed by atoms with Crippen molar-refractivity contribution >= 4 is 44.1 Å². The van der Waals surface area contributed by atoms with Gasteiger partial charge in [-0.3, -0.25) is 0 Å². The van der Waals surface area contributed by atoms with Gasteiger partial charge in [0.2, 0.25) is 0 Å². The Morgan fingerprint density at radius 3 is 2.25 bits per heavy atom. The SMILES string of the molecule is Cc1cc(I)c(C)c(C)c1C.Cc1ccc(-c2nc3ccccc3s2)c(O)c1. The van der Waals surface area contributed by atoms with Crippen LogP contribution >= 0.6 is 33.9 Å². The maximum Gasteiger partial charge on any atom is 0.128 e. The molecule has 1 aromatic heterocycles. The van der Waals surface area contributed by atoms with E-state index in [0.717, 1.165) is 26.4 Å². The zero-order valence-corrected chi connectivity index (χ0v) is 19.8. The molecule has 4 aromatic rings. The highest BCUT2D eigenvalue weighted by Crippen LogP contribution is 2.35. The van der Waals surface area contributed by atoms with E-state index in [9.17, 15) is 5.11 Å². The second-order valence-corrected chi connectivity index (χ2v) is 9.25. The Hall–Kier alpha value is -1.92. The first kappa shape index (κ1) is 20.8. The Kier molecular flexibility index (Phi) is 6.40. The van der Waals surface area contributed by atoms with Crippen molar-refractivity contribution in [1.29, 1.82) is 0 Å². The highest BCUT2D eigenvalue weighted by Gasteiger charge is 2.09. The van der Waals surface area contributed by atoms with Gasteiger partial charge in [0.15, 0.2) is 0 Å². The molecule has 4 heteroatoms. The van der Waals surface area contributed by atoms with Crippen LogP contribution in [-0.4, -0.2) is 10.1 Å². The van der Waals surface area contributed by atoms with Crippen molar-refractivity contribution in [3.05, 3.63) is 79.9 Å². The van der Waals surface area contributed by atoms with Gasteiger partial charge >= 0.3 is 0 Å². The molecule has 0 atom stereocenters. The second kappa shape index (κ2) is 8.62. The van der Waals surface area contributed by atoms with E-state index >= 15 is 0 Å². The van der Waals surface area contributed by atoms with Crippen LogP contribution in [0.4, 0.5) is 0 Å². The summed E-state index contributed by atoms with van der Waals surface area (Å²) in [4.78, 5) is 4.53. The van der Waals surface area contributed by atoms with Gasteiger partial charge in [0.25, 0.3) is 0 Å². The highest BCUT2D eigenvalue weighted by atomic mass is 127. The van der Waals surface area contributed by atoms with E-state index in [-0.39, 0.29) is 0 Å². The second-order valence-electron chi connectivity index (χ2n) is 7.06. The van der Waals surface area contributed by atoms with Crippen LogP contribution in [0.3, 0.4) is 0 Å². The fourth-order valence-electron chi connectivity index (χ4n) is 2.97. The largest absolute Gasteiger partial charge is 0.507 e. The molecular weight excluding hydrogens is 477 g/mol. The van der Waals surface area contributed by atoms with Crippen LogP contribution in [0.5, 0.6) is 5.75 Å². The Morgan fingerprint density at radius 1 is 0.857 bits per heavy atom. The number of nitrogens with zero attached hydrogens (tertiary/aromatic N) is 1. The van der Waals surface area contributed by atoms with Crippen molar-refractivity contribution < 1.29 is 5.11 Å². The lowest BCUT2D eigenvalue weighted by Gasteiger charge is -2.09. The van der Waals surface area contributed by atoms with Crippen molar-refractivity contribution in [3.63, 3.8) is 0 Å². The summed E-state index contributed by atoms with van der Waals surface area (Å²) < 4.78 is 2.52. The van der Waals surface area contributed by atoms with E-state index in [4.69, 9.17) is 0 Å². The van der Waals surface area contributed by atoms with Crippen molar-refractivity contribution in [2.75, 3.05) is 0 Å². The number of aromatic nitrogens is 1. The first-order chi connectivity index (χ1) is 13.3. The summed E-state index contributed by atoms with van der Waals surface area (Å²) in [6.07, 6.45) is 0. The third-order valence-corrected chi connectivity index (χ3v) is 7.29. The molecule has 0 saturated heterocycles. The van der Waals surface area contributed by atoms with E-state index in [2.05, 4.69) is 61.3 Å². The van der Waals surface area contributed by atoms with Crippen LogP contribution in [0.2, 0.25) is 0 Å². The highest BCUT2D eigenvalue weighted by molar-refractivity contribution is 14.1. The molecule has 0 unspecified atom stereocenters. The molecule has 4 rings (SSSR count). The Morgan fingerprint density at radius 2 is 1.57 bits per heavy atom. The number of thiazole rings is 1. The van der Waals surface area contributed by atoms with Crippen molar-refractivity contribution in [3.8, 4) is 16.3 Å². The minimum absolute atomic E-state index is 0.295. The molecule has 0 saturated carbocycles. The molecule has 0 aliphatic heterocycles. The normalized spacial score (nSPS) is 10.6. The van der Waals surface area contributed by atoms with Gasteiger partial charge in [-0.05, 0) is 115 Å². The predicted octanol–water partition coefficient (Wildman–Crippen LogP) is 7.50. The van der Waals surface area contributed by atoms with Crippen LogP contribution in [-0.2, 0) is 0 Å². The number of aromatic hydroxyl groups is 1. The van der Waals surface area contributed by atoms with Crippen molar-refractivity contribution in [1.82, 2.24) is 4.98 Å². The summed E-state index contributed by atoms with van der Waals surface area (Å²) in [5, 5.41) is 10.8. The van der Waals surface area contributed by atoms with E-state index < -0.39 is 0 Å². The summed E-state index contributed by atoms with van der Waals surface area (Å²) in [7, 11) is 0. The lowest BCUT2D eigenvalue weighted by molar-refractivity contribution is 0.477. The average Bonchev–Trinajstić information content (AvgIpc) is 3.09. The van der Waals surface area contributed by atoms with E-state index in [1.165, 1.54) is 25.8 Å². The molecule has 0 bridgehead atoms. The number of rotatable bonds is 1. The average molecular weight is 501 g/mol. The van der Waals surface area contributed by atoms with E-state index in [1.807, 2.05) is 43.3 Å². The third-order valence-electron chi connectivity index (χ3n) is 5.10. The van der Waals surface area contributed by atoms with Crippen LogP contribution in [0.1, 0.15) is 27.8 Å². The van der Waals surface area contributed by atoms with Gasteiger partial charge in [-0.25, -0.2) is 4.98 Å². The van der Waals surface area contributed by atoms with Crippen molar-refractivity contribution in [2.24, 2.45) is 0 Å². The molecule has 3 aromatic carbocycles. The van der Waals surface area contributed by atoms with Crippen LogP contribution in [0.25, 0.3) is 20.8 Å². The molecule has 28 heavy (non-hydrogen) atoms. The molecule has 0 amide bonds. The smallest absolute Gasteiger partial charge is 0.128 e. The van der Waals surface area contributed by atoms with Gasteiger partial charge in [0, 0.05) is 3.57 Å². The number of fused-ring (bicyclic) bond motifs is 1. The fourth-order valence-corrected chi connectivity index (χ4v) is 4.84. The fraction of sp³-hybridized carbons (Fsp3) is 0.208. The molecule has 2 nitrogen and oxygen atoms in total. The van der Waals surface area contributed by atoms with Crippen LogP contribution in [0.15, 0.2) is 48.5 Å². The maximum absolute atomic E-state index is 9.94. The molecule has 0 radical (unpaired) electrons. The monoisotopic (exact) mass is 501 g/mol. The van der Waals surface area contributed by atoms with E-state index in [0.29, 0.717) is 5.75 Å². The number of para-hydroxylation sites is 1. The van der Waals surface area contributed by atoms with Crippen LogP contribution in [0, 0.1) is 38.2 Å². The number of phenols is 1. The number of halogens is 1. The lowest BCUT2D eigenvalue weighted by atomic mass is 10.0. The standard InChI is InChI=1S/C14H11NOS.C10H13I/c1-9-6-7-10(12(16)8-9)14-15-11-4-2-3-5-13(11)17-14;1-6-5-10(11)9(4)8(3)7(6)2/h2-8,16H,1H3;5H,1-4H3. The molecule has 1 N–H and O–H groups in total. The van der Waals surface area contributed by atoms with Gasteiger partial charge in [0.05, 0.1) is 15.8 Å². The van der Waals surface area contributed by atoms with Gasteiger partial charge in [0.1, 0.15) is 10.8 Å². The zero-order valence-electron chi connectivity index (χ0n) is 16.8. The third kappa shape index (κ3) is 4.39. The molecular formula is C24H24INOS. The molecule has 144 valence electrons. The van der Waals surface area contributed by atoms with Gasteiger partial charge in [-0.2, -0.15) is 0 Å². The number of hydrogen-bond donors (Lipinski definition) is 1. The molecule has 0 spiro atoms. The number of phenolic OH excluding ortho intramolecular Hbond substituents is 1. The summed E-state index contributed by atoms with van der Waals surface area (Å²) in [6, 6.07) is 15.9. The minimum atomic E-state index is 0.295. The Balaban J connectivity index is 0.000000178. The minimum Gasteiger partial charge on any atom is -0.507 e. The quantitative estimate of drug-likeness (QED) is 0.274. The maximum atomic E-state index is 9.94.